The van der Waals surface area contributed by atoms with E-state index in [1.165, 1.54) is 6.92 Å². The Morgan fingerprint density at radius 1 is 1.07 bits per heavy atom. The van der Waals surface area contributed by atoms with E-state index in [9.17, 15) is 13.2 Å². The number of anilines is 1. The molecule has 0 aliphatic rings. The minimum atomic E-state index is -3.68. The number of benzene rings is 2. The number of sulfonamides is 1. The number of ether oxygens (including phenoxy) is 3. The number of carbonyl (C=O) groups is 1. The first-order chi connectivity index (χ1) is 14.3. The van der Waals surface area contributed by atoms with Crippen molar-refractivity contribution in [3.05, 3.63) is 48.5 Å². The van der Waals surface area contributed by atoms with E-state index in [0.29, 0.717) is 29.5 Å². The van der Waals surface area contributed by atoms with Gasteiger partial charge in [-0.3, -0.25) is 9.10 Å². The van der Waals surface area contributed by atoms with Crippen molar-refractivity contribution in [2.24, 2.45) is 0 Å². The molecular weight excluding hydrogens is 408 g/mol. The van der Waals surface area contributed by atoms with E-state index >= 15 is 0 Å². The molecule has 2 aromatic rings. The molecule has 2 aromatic carbocycles. The molecule has 1 amide bonds. The molecule has 9 heteroatoms. The van der Waals surface area contributed by atoms with Crippen LogP contribution in [0.25, 0.3) is 0 Å². The molecule has 1 unspecified atom stereocenters. The molecule has 0 radical (unpaired) electrons. The van der Waals surface area contributed by atoms with Gasteiger partial charge < -0.3 is 19.5 Å². The highest BCUT2D eigenvalue weighted by Gasteiger charge is 2.28. The van der Waals surface area contributed by atoms with Gasteiger partial charge in [-0.1, -0.05) is 6.07 Å². The standard InChI is InChI=1S/C21H28N2O6S/c1-5-28-18-11-9-17(10-12-18)23(30(4,25)26)16(2)21(24)22-13-14-29-20-8-6-7-19(15-20)27-3/h6-12,15-16H,5,13-14H2,1-4H3,(H,22,24). The van der Waals surface area contributed by atoms with Crippen molar-refractivity contribution in [1.29, 1.82) is 0 Å². The summed E-state index contributed by atoms with van der Waals surface area (Å²) < 4.78 is 41.9. The third kappa shape index (κ3) is 6.55. The molecule has 2 rings (SSSR count). The first kappa shape index (κ1) is 23.3. The predicted molar refractivity (Wildman–Crippen MR) is 116 cm³/mol. The lowest BCUT2D eigenvalue weighted by molar-refractivity contribution is -0.121. The van der Waals surface area contributed by atoms with Gasteiger partial charge in [-0.25, -0.2) is 8.42 Å². The van der Waals surface area contributed by atoms with Gasteiger partial charge in [0.2, 0.25) is 15.9 Å². The quantitative estimate of drug-likeness (QED) is 0.544. The summed E-state index contributed by atoms with van der Waals surface area (Å²) in [6.07, 6.45) is 1.07. The second-order valence-electron chi connectivity index (χ2n) is 6.48. The largest absolute Gasteiger partial charge is 0.497 e. The lowest BCUT2D eigenvalue weighted by Gasteiger charge is -2.28. The molecule has 164 valence electrons. The molecule has 0 aliphatic carbocycles. The molecule has 0 saturated carbocycles. The zero-order valence-electron chi connectivity index (χ0n) is 17.6. The Kier molecular flexibility index (Phi) is 8.35. The van der Waals surface area contributed by atoms with E-state index in [0.717, 1.165) is 10.6 Å². The number of hydrogen-bond donors (Lipinski definition) is 1. The third-order valence-corrected chi connectivity index (χ3v) is 5.44. The summed E-state index contributed by atoms with van der Waals surface area (Å²) in [4.78, 5) is 12.6. The van der Waals surface area contributed by atoms with Gasteiger partial charge in [0.15, 0.2) is 0 Å². The van der Waals surface area contributed by atoms with Crippen LogP contribution in [-0.2, 0) is 14.8 Å². The van der Waals surface area contributed by atoms with E-state index in [4.69, 9.17) is 14.2 Å². The Bertz CT molecular complexity index is 931. The zero-order valence-corrected chi connectivity index (χ0v) is 18.4. The first-order valence-corrected chi connectivity index (χ1v) is 11.4. The summed E-state index contributed by atoms with van der Waals surface area (Å²) >= 11 is 0. The van der Waals surface area contributed by atoms with E-state index in [1.54, 1.807) is 55.6 Å². The molecule has 1 N–H and O–H groups in total. The van der Waals surface area contributed by atoms with Gasteiger partial charge in [0.1, 0.15) is 29.9 Å². The Morgan fingerprint density at radius 2 is 1.73 bits per heavy atom. The molecule has 0 aromatic heterocycles. The molecule has 8 nitrogen and oxygen atoms in total. The molecule has 0 saturated heterocycles. The van der Waals surface area contributed by atoms with Crippen LogP contribution in [0, 0.1) is 0 Å². The zero-order chi connectivity index (χ0) is 22.1. The van der Waals surface area contributed by atoms with E-state index in [2.05, 4.69) is 5.32 Å². The lowest BCUT2D eigenvalue weighted by atomic mass is 10.2. The molecule has 0 heterocycles. The number of methoxy groups -OCH3 is 1. The highest BCUT2D eigenvalue weighted by Crippen LogP contribution is 2.24. The fourth-order valence-electron chi connectivity index (χ4n) is 2.85. The van der Waals surface area contributed by atoms with Crippen LogP contribution in [0.2, 0.25) is 0 Å². The summed E-state index contributed by atoms with van der Waals surface area (Å²) in [5.74, 6) is 1.48. The third-order valence-electron chi connectivity index (χ3n) is 4.20. The van der Waals surface area contributed by atoms with Crippen LogP contribution in [0.4, 0.5) is 5.69 Å². The molecule has 0 fully saturated rings. The number of nitrogens with one attached hydrogen (secondary N) is 1. The van der Waals surface area contributed by atoms with Crippen LogP contribution >= 0.6 is 0 Å². The van der Waals surface area contributed by atoms with Gasteiger partial charge in [0.05, 0.1) is 32.2 Å². The Morgan fingerprint density at radius 3 is 2.33 bits per heavy atom. The maximum Gasteiger partial charge on any atom is 0.243 e. The van der Waals surface area contributed by atoms with Crippen molar-refractivity contribution in [3.63, 3.8) is 0 Å². The van der Waals surface area contributed by atoms with Gasteiger partial charge in [0, 0.05) is 6.07 Å². The van der Waals surface area contributed by atoms with E-state index in [-0.39, 0.29) is 13.2 Å². The maximum atomic E-state index is 12.6. The van der Waals surface area contributed by atoms with Crippen LogP contribution in [0.1, 0.15) is 13.8 Å². The van der Waals surface area contributed by atoms with Crippen molar-refractivity contribution in [1.82, 2.24) is 5.32 Å². The number of nitrogens with zero attached hydrogens (tertiary/aromatic N) is 1. The van der Waals surface area contributed by atoms with Gasteiger partial charge in [0.25, 0.3) is 0 Å². The van der Waals surface area contributed by atoms with Gasteiger partial charge >= 0.3 is 0 Å². The molecule has 0 bridgehead atoms. The molecule has 1 atom stereocenters. The van der Waals surface area contributed by atoms with Gasteiger partial charge in [-0.05, 0) is 50.2 Å². The van der Waals surface area contributed by atoms with Crippen LogP contribution in [0.3, 0.4) is 0 Å². The Balaban J connectivity index is 1.98. The van der Waals surface area contributed by atoms with Crippen molar-refractivity contribution in [2.75, 3.05) is 37.4 Å². The Labute approximate surface area is 177 Å². The monoisotopic (exact) mass is 436 g/mol. The topological polar surface area (TPSA) is 94.2 Å². The van der Waals surface area contributed by atoms with Gasteiger partial charge in [-0.15, -0.1) is 0 Å². The number of hydrogen-bond acceptors (Lipinski definition) is 6. The number of rotatable bonds is 11. The molecular formula is C21H28N2O6S. The van der Waals surface area contributed by atoms with E-state index < -0.39 is 22.0 Å². The van der Waals surface area contributed by atoms with Crippen LogP contribution in [-0.4, -0.2) is 53.5 Å². The average Bonchev–Trinajstić information content (AvgIpc) is 2.71. The minimum Gasteiger partial charge on any atom is -0.497 e. The second kappa shape index (κ2) is 10.7. The summed E-state index contributed by atoms with van der Waals surface area (Å²) in [6.45, 7) is 4.36. The maximum absolute atomic E-state index is 12.6. The smallest absolute Gasteiger partial charge is 0.243 e. The average molecular weight is 437 g/mol. The van der Waals surface area contributed by atoms with Crippen molar-refractivity contribution >= 4 is 21.6 Å². The number of carbonyl (C=O) groups excluding carboxylic acids is 1. The van der Waals surface area contributed by atoms with Crippen molar-refractivity contribution in [2.45, 2.75) is 19.9 Å². The Hall–Kier alpha value is -2.94. The molecule has 0 aliphatic heterocycles. The summed E-state index contributed by atoms with van der Waals surface area (Å²) in [5, 5.41) is 2.71. The van der Waals surface area contributed by atoms with E-state index in [1.807, 2.05) is 6.92 Å². The molecule has 30 heavy (non-hydrogen) atoms. The second-order valence-corrected chi connectivity index (χ2v) is 8.34. The normalized spacial score (nSPS) is 12.0. The van der Waals surface area contributed by atoms with Crippen LogP contribution < -0.4 is 23.8 Å². The SMILES string of the molecule is CCOc1ccc(N(C(C)C(=O)NCCOc2cccc(OC)c2)S(C)(=O)=O)cc1. The fourth-order valence-corrected chi connectivity index (χ4v) is 4.02. The first-order valence-electron chi connectivity index (χ1n) is 9.53. The van der Waals surface area contributed by atoms with Crippen LogP contribution in [0.15, 0.2) is 48.5 Å². The van der Waals surface area contributed by atoms with Crippen LogP contribution in [0.5, 0.6) is 17.2 Å². The summed E-state index contributed by atoms with van der Waals surface area (Å²) in [6, 6.07) is 12.8. The fraction of sp³-hybridized carbons (Fsp3) is 0.381. The lowest BCUT2D eigenvalue weighted by Crippen LogP contribution is -2.48. The number of amides is 1. The minimum absolute atomic E-state index is 0.223. The summed E-state index contributed by atoms with van der Waals surface area (Å²) in [5.41, 5.74) is 0.385. The highest BCUT2D eigenvalue weighted by molar-refractivity contribution is 7.92. The predicted octanol–water partition coefficient (Wildman–Crippen LogP) is 2.44. The highest BCUT2D eigenvalue weighted by atomic mass is 32.2. The molecule has 0 spiro atoms. The van der Waals surface area contributed by atoms with Crippen molar-refractivity contribution in [3.8, 4) is 17.2 Å². The summed E-state index contributed by atoms with van der Waals surface area (Å²) in [7, 11) is -2.11. The van der Waals surface area contributed by atoms with Crippen molar-refractivity contribution < 1.29 is 27.4 Å². The van der Waals surface area contributed by atoms with Gasteiger partial charge in [-0.2, -0.15) is 0 Å².